The van der Waals surface area contributed by atoms with Crippen LogP contribution in [-0.4, -0.2) is 31.4 Å². The largest absolute Gasteiger partial charge is 0.387 e. The Balaban J connectivity index is 2.34. The van der Waals surface area contributed by atoms with Gasteiger partial charge in [0.2, 0.25) is 0 Å². The maximum absolute atomic E-state index is 9.95. The van der Waals surface area contributed by atoms with E-state index < -0.39 is 6.10 Å². The van der Waals surface area contributed by atoms with Crippen LogP contribution >= 0.6 is 11.6 Å². The number of nitrogens with one attached hydrogen (secondary N) is 1. The van der Waals surface area contributed by atoms with Crippen molar-refractivity contribution in [3.8, 4) is 0 Å². The van der Waals surface area contributed by atoms with E-state index >= 15 is 0 Å². The summed E-state index contributed by atoms with van der Waals surface area (Å²) in [6.07, 6.45) is 0.432. The van der Waals surface area contributed by atoms with Gasteiger partial charge in [0.1, 0.15) is 0 Å². The highest BCUT2D eigenvalue weighted by Gasteiger charge is 2.09. The molecule has 0 saturated carbocycles. The Morgan fingerprint density at radius 2 is 2.00 bits per heavy atom. The molecule has 2 N–H and O–H groups in total. The third-order valence-electron chi connectivity index (χ3n) is 2.67. The first kappa shape index (κ1) is 14.5. The van der Waals surface area contributed by atoms with Crippen LogP contribution < -0.4 is 5.32 Å². The lowest BCUT2D eigenvalue weighted by Crippen LogP contribution is -2.31. The van der Waals surface area contributed by atoms with Crippen LogP contribution in [0.1, 0.15) is 25.0 Å². The summed E-state index contributed by atoms with van der Waals surface area (Å²) in [6.45, 7) is 3.34. The molecule has 2 unspecified atom stereocenters. The van der Waals surface area contributed by atoms with Crippen molar-refractivity contribution < 1.29 is 9.84 Å². The molecule has 1 aromatic rings. The fourth-order valence-electron chi connectivity index (χ4n) is 1.51. The third-order valence-corrected chi connectivity index (χ3v) is 2.92. The molecule has 0 aliphatic heterocycles. The van der Waals surface area contributed by atoms with Crippen molar-refractivity contribution in [2.75, 3.05) is 20.3 Å². The first-order chi connectivity index (χ1) is 8.13. The van der Waals surface area contributed by atoms with E-state index in [2.05, 4.69) is 12.2 Å². The Morgan fingerprint density at radius 3 is 2.59 bits per heavy atom. The van der Waals surface area contributed by atoms with Crippen molar-refractivity contribution in [3.63, 3.8) is 0 Å². The first-order valence-electron chi connectivity index (χ1n) is 5.79. The lowest BCUT2D eigenvalue weighted by molar-refractivity contribution is 0.158. The summed E-state index contributed by atoms with van der Waals surface area (Å²) >= 11 is 5.79. The quantitative estimate of drug-likeness (QED) is 0.788. The van der Waals surface area contributed by atoms with Crippen LogP contribution in [-0.2, 0) is 4.74 Å². The highest BCUT2D eigenvalue weighted by molar-refractivity contribution is 6.30. The number of halogens is 1. The molecular formula is C13H20ClNO2. The molecule has 0 bridgehead atoms. The fraction of sp³-hybridized carbons (Fsp3) is 0.538. The van der Waals surface area contributed by atoms with E-state index in [0.717, 1.165) is 18.6 Å². The molecule has 1 rings (SSSR count). The van der Waals surface area contributed by atoms with Crippen LogP contribution in [0.25, 0.3) is 0 Å². The molecule has 3 nitrogen and oxygen atoms in total. The van der Waals surface area contributed by atoms with Crippen LogP contribution in [0, 0.1) is 0 Å². The Bertz CT molecular complexity index is 316. The molecule has 0 aromatic heterocycles. The topological polar surface area (TPSA) is 41.5 Å². The van der Waals surface area contributed by atoms with E-state index in [4.69, 9.17) is 16.3 Å². The minimum absolute atomic E-state index is 0.330. The number of methoxy groups -OCH3 is 1. The summed E-state index contributed by atoms with van der Waals surface area (Å²) in [7, 11) is 1.69. The van der Waals surface area contributed by atoms with E-state index in [-0.39, 0.29) is 0 Å². The number of rotatable bonds is 7. The van der Waals surface area contributed by atoms with Gasteiger partial charge in [0.15, 0.2) is 0 Å². The van der Waals surface area contributed by atoms with Crippen LogP contribution in [0.3, 0.4) is 0 Å². The van der Waals surface area contributed by atoms with Gasteiger partial charge >= 0.3 is 0 Å². The van der Waals surface area contributed by atoms with Gasteiger partial charge in [-0.1, -0.05) is 23.7 Å². The fourth-order valence-corrected chi connectivity index (χ4v) is 1.64. The summed E-state index contributed by atoms with van der Waals surface area (Å²) < 4.78 is 5.00. The molecule has 0 amide bonds. The van der Waals surface area contributed by atoms with Crippen LogP contribution in [0.2, 0.25) is 5.02 Å². The van der Waals surface area contributed by atoms with E-state index in [1.807, 2.05) is 12.1 Å². The maximum Gasteiger partial charge on any atom is 0.0914 e. The van der Waals surface area contributed by atoms with Crippen molar-refractivity contribution in [2.45, 2.75) is 25.5 Å². The molecule has 0 fully saturated rings. The molecule has 0 aliphatic rings. The normalized spacial score (nSPS) is 14.6. The molecule has 2 atom stereocenters. The number of hydrogen-bond donors (Lipinski definition) is 2. The number of benzene rings is 1. The highest BCUT2D eigenvalue weighted by Crippen LogP contribution is 2.15. The van der Waals surface area contributed by atoms with E-state index in [1.165, 1.54) is 0 Å². The second-order valence-corrected chi connectivity index (χ2v) is 4.59. The maximum atomic E-state index is 9.95. The first-order valence-corrected chi connectivity index (χ1v) is 6.17. The second-order valence-electron chi connectivity index (χ2n) is 4.16. The zero-order valence-corrected chi connectivity index (χ0v) is 11.1. The van der Waals surface area contributed by atoms with Gasteiger partial charge in [0.05, 0.1) is 6.10 Å². The minimum Gasteiger partial charge on any atom is -0.387 e. The standard InChI is InChI=1S/C13H20ClNO2/c1-10(7-8-17-2)15-9-13(16)11-3-5-12(14)6-4-11/h3-6,10,13,15-16H,7-9H2,1-2H3. The van der Waals surface area contributed by atoms with Gasteiger partial charge in [-0.15, -0.1) is 0 Å². The van der Waals surface area contributed by atoms with Crippen LogP contribution in [0.4, 0.5) is 0 Å². The van der Waals surface area contributed by atoms with Gasteiger partial charge in [-0.05, 0) is 31.0 Å². The molecule has 0 heterocycles. The second kappa shape index (κ2) is 7.67. The minimum atomic E-state index is -0.503. The van der Waals surface area contributed by atoms with Gasteiger partial charge < -0.3 is 15.2 Å². The molecule has 96 valence electrons. The lowest BCUT2D eigenvalue weighted by atomic mass is 10.1. The van der Waals surface area contributed by atoms with Gasteiger partial charge in [-0.2, -0.15) is 0 Å². The van der Waals surface area contributed by atoms with Crippen molar-refractivity contribution >= 4 is 11.6 Å². The average molecular weight is 258 g/mol. The molecule has 1 aromatic carbocycles. The van der Waals surface area contributed by atoms with Gasteiger partial charge in [0.25, 0.3) is 0 Å². The van der Waals surface area contributed by atoms with E-state index in [0.29, 0.717) is 17.6 Å². The molecular weight excluding hydrogens is 238 g/mol. The van der Waals surface area contributed by atoms with Gasteiger partial charge in [0, 0.05) is 31.3 Å². The Labute approximate surface area is 108 Å². The summed E-state index contributed by atoms with van der Waals surface area (Å²) in [4.78, 5) is 0. The van der Waals surface area contributed by atoms with Gasteiger partial charge in [-0.25, -0.2) is 0 Å². The molecule has 0 radical (unpaired) electrons. The summed E-state index contributed by atoms with van der Waals surface area (Å²) in [5.41, 5.74) is 0.876. The summed E-state index contributed by atoms with van der Waals surface area (Å²) in [6, 6.07) is 7.59. The molecule has 4 heteroatoms. The van der Waals surface area contributed by atoms with Crippen LogP contribution in [0.5, 0.6) is 0 Å². The SMILES string of the molecule is COCCC(C)NCC(O)c1ccc(Cl)cc1. The van der Waals surface area contributed by atoms with Crippen LogP contribution in [0.15, 0.2) is 24.3 Å². The predicted octanol–water partition coefficient (Wildman–Crippen LogP) is 2.39. The molecule has 0 aliphatic carbocycles. The summed E-state index contributed by atoms with van der Waals surface area (Å²) in [5, 5.41) is 13.9. The van der Waals surface area contributed by atoms with E-state index in [9.17, 15) is 5.11 Å². The zero-order valence-electron chi connectivity index (χ0n) is 10.3. The number of aliphatic hydroxyl groups excluding tert-OH is 1. The zero-order chi connectivity index (χ0) is 12.7. The monoisotopic (exact) mass is 257 g/mol. The Morgan fingerprint density at radius 1 is 1.35 bits per heavy atom. The van der Waals surface area contributed by atoms with E-state index in [1.54, 1.807) is 19.2 Å². The number of hydrogen-bond acceptors (Lipinski definition) is 3. The predicted molar refractivity (Wildman–Crippen MR) is 70.4 cm³/mol. The Kier molecular flexibility index (Phi) is 6.52. The average Bonchev–Trinajstić information content (AvgIpc) is 2.34. The van der Waals surface area contributed by atoms with Crippen molar-refractivity contribution in [1.82, 2.24) is 5.32 Å². The lowest BCUT2D eigenvalue weighted by Gasteiger charge is -2.17. The molecule has 17 heavy (non-hydrogen) atoms. The smallest absolute Gasteiger partial charge is 0.0914 e. The third kappa shape index (κ3) is 5.50. The Hall–Kier alpha value is -0.610. The van der Waals surface area contributed by atoms with Crippen molar-refractivity contribution in [1.29, 1.82) is 0 Å². The number of aliphatic hydroxyl groups is 1. The number of ether oxygens (including phenoxy) is 1. The van der Waals surface area contributed by atoms with Crippen molar-refractivity contribution in [2.24, 2.45) is 0 Å². The molecule has 0 spiro atoms. The molecule has 0 saturated heterocycles. The summed E-state index contributed by atoms with van der Waals surface area (Å²) in [5.74, 6) is 0. The van der Waals surface area contributed by atoms with Crippen molar-refractivity contribution in [3.05, 3.63) is 34.9 Å². The highest BCUT2D eigenvalue weighted by atomic mass is 35.5. The van der Waals surface area contributed by atoms with Gasteiger partial charge in [-0.3, -0.25) is 0 Å².